The van der Waals surface area contributed by atoms with E-state index in [4.69, 9.17) is 28.3 Å². The van der Waals surface area contributed by atoms with E-state index < -0.39 is 5.82 Å². The van der Waals surface area contributed by atoms with Crippen LogP contribution in [0.15, 0.2) is 36.4 Å². The topological polar surface area (TPSA) is 20.2 Å². The Kier molecular flexibility index (Phi) is 3.67. The molecule has 0 spiro atoms. The lowest BCUT2D eigenvalue weighted by Crippen LogP contribution is -1.89. The molecule has 0 atom stereocenters. The van der Waals surface area contributed by atoms with Crippen molar-refractivity contribution in [3.8, 4) is 11.1 Å². The Morgan fingerprint density at radius 3 is 2.59 bits per heavy atom. The number of rotatable bonds is 2. The minimum Gasteiger partial charge on any atom is -0.392 e. The average Bonchev–Trinajstić information content (AvgIpc) is 2.31. The van der Waals surface area contributed by atoms with Gasteiger partial charge in [-0.05, 0) is 35.4 Å². The molecule has 4 heteroatoms. The number of hydrogen-bond donors (Lipinski definition) is 1. The first-order chi connectivity index (χ1) is 8.11. The van der Waals surface area contributed by atoms with E-state index in [9.17, 15) is 4.39 Å². The highest BCUT2D eigenvalue weighted by molar-refractivity contribution is 6.43. The van der Waals surface area contributed by atoms with E-state index in [-0.39, 0.29) is 6.61 Å². The van der Waals surface area contributed by atoms with Gasteiger partial charge in [0.25, 0.3) is 0 Å². The van der Waals surface area contributed by atoms with Crippen LogP contribution in [0.25, 0.3) is 11.1 Å². The number of aliphatic hydroxyl groups excluding tert-OH is 1. The van der Waals surface area contributed by atoms with Gasteiger partial charge in [0.05, 0.1) is 16.7 Å². The molecule has 1 nitrogen and oxygen atoms in total. The molecule has 0 aliphatic rings. The smallest absolute Gasteiger partial charge is 0.124 e. The number of aliphatic hydroxyl groups is 1. The molecule has 2 aromatic carbocycles. The van der Waals surface area contributed by atoms with Crippen molar-refractivity contribution in [2.75, 3.05) is 0 Å². The van der Waals surface area contributed by atoms with Gasteiger partial charge in [-0.1, -0.05) is 35.3 Å². The molecule has 0 saturated heterocycles. The van der Waals surface area contributed by atoms with Gasteiger partial charge in [-0.25, -0.2) is 4.39 Å². The van der Waals surface area contributed by atoms with E-state index in [2.05, 4.69) is 0 Å². The van der Waals surface area contributed by atoms with Crippen molar-refractivity contribution in [2.45, 2.75) is 6.61 Å². The zero-order valence-corrected chi connectivity index (χ0v) is 10.3. The van der Waals surface area contributed by atoms with Crippen LogP contribution in [0.1, 0.15) is 5.56 Å². The molecule has 0 aliphatic carbocycles. The number of benzene rings is 2. The molecule has 2 rings (SSSR count). The van der Waals surface area contributed by atoms with Crippen LogP contribution in [-0.2, 0) is 6.61 Å². The van der Waals surface area contributed by atoms with Crippen LogP contribution in [0.5, 0.6) is 0 Å². The highest BCUT2D eigenvalue weighted by atomic mass is 35.5. The predicted octanol–water partition coefficient (Wildman–Crippen LogP) is 4.29. The molecular formula is C13H9Cl2FO. The largest absolute Gasteiger partial charge is 0.392 e. The summed E-state index contributed by atoms with van der Waals surface area (Å²) >= 11 is 12.0. The highest BCUT2D eigenvalue weighted by Gasteiger charge is 2.08. The third-order valence-electron chi connectivity index (χ3n) is 2.40. The lowest BCUT2D eigenvalue weighted by atomic mass is 10.0. The Hall–Kier alpha value is -1.09. The van der Waals surface area contributed by atoms with Crippen LogP contribution >= 0.6 is 23.2 Å². The summed E-state index contributed by atoms with van der Waals surface area (Å²) in [7, 11) is 0. The van der Waals surface area contributed by atoms with Gasteiger partial charge in [0.1, 0.15) is 5.82 Å². The molecule has 0 aromatic heterocycles. The Morgan fingerprint density at radius 2 is 1.88 bits per heavy atom. The standard InChI is InChI=1S/C13H9Cl2FO/c14-12-3-1-2-11(13(12)15)9-4-8(7-17)5-10(16)6-9/h1-6,17H,7H2. The summed E-state index contributed by atoms with van der Waals surface area (Å²) in [5.74, 6) is -0.414. The molecule has 1 N–H and O–H groups in total. The van der Waals surface area contributed by atoms with Crippen molar-refractivity contribution in [1.82, 2.24) is 0 Å². The van der Waals surface area contributed by atoms with Crippen molar-refractivity contribution < 1.29 is 9.50 Å². The Balaban J connectivity index is 2.60. The van der Waals surface area contributed by atoms with E-state index in [0.717, 1.165) is 0 Å². The summed E-state index contributed by atoms with van der Waals surface area (Å²) in [6, 6.07) is 9.48. The lowest BCUT2D eigenvalue weighted by Gasteiger charge is -2.08. The van der Waals surface area contributed by atoms with Crippen molar-refractivity contribution in [1.29, 1.82) is 0 Å². The fourth-order valence-electron chi connectivity index (χ4n) is 1.62. The second-order valence-corrected chi connectivity index (χ2v) is 4.39. The Morgan fingerprint density at radius 1 is 1.12 bits per heavy atom. The maximum atomic E-state index is 13.3. The zero-order valence-electron chi connectivity index (χ0n) is 8.75. The van der Waals surface area contributed by atoms with Crippen LogP contribution in [-0.4, -0.2) is 5.11 Å². The highest BCUT2D eigenvalue weighted by Crippen LogP contribution is 2.34. The maximum Gasteiger partial charge on any atom is 0.124 e. The van der Waals surface area contributed by atoms with Crippen molar-refractivity contribution in [2.24, 2.45) is 0 Å². The van der Waals surface area contributed by atoms with Crippen molar-refractivity contribution >= 4 is 23.2 Å². The third-order valence-corrected chi connectivity index (χ3v) is 3.22. The van der Waals surface area contributed by atoms with Gasteiger partial charge in [-0.3, -0.25) is 0 Å². The Bertz CT molecular complexity index is 555. The van der Waals surface area contributed by atoms with Crippen molar-refractivity contribution in [3.05, 3.63) is 57.8 Å². The molecule has 0 bridgehead atoms. The van der Waals surface area contributed by atoms with E-state index >= 15 is 0 Å². The van der Waals surface area contributed by atoms with Gasteiger partial charge in [-0.15, -0.1) is 0 Å². The molecule has 0 saturated carbocycles. The van der Waals surface area contributed by atoms with Crippen LogP contribution in [0.2, 0.25) is 10.0 Å². The maximum absolute atomic E-state index is 13.3. The molecule has 0 fully saturated rings. The second-order valence-electron chi connectivity index (χ2n) is 3.61. The summed E-state index contributed by atoms with van der Waals surface area (Å²) in [4.78, 5) is 0. The summed E-state index contributed by atoms with van der Waals surface area (Å²) in [6.45, 7) is -0.219. The molecule has 17 heavy (non-hydrogen) atoms. The van der Waals surface area contributed by atoms with Gasteiger partial charge in [0.15, 0.2) is 0 Å². The van der Waals surface area contributed by atoms with Gasteiger partial charge in [0.2, 0.25) is 0 Å². The number of hydrogen-bond acceptors (Lipinski definition) is 1. The van der Waals surface area contributed by atoms with Crippen LogP contribution in [0.3, 0.4) is 0 Å². The molecule has 0 heterocycles. The molecule has 0 radical (unpaired) electrons. The first-order valence-corrected chi connectivity index (χ1v) is 5.72. The first kappa shape index (κ1) is 12.4. The SMILES string of the molecule is OCc1cc(F)cc(-c2cccc(Cl)c2Cl)c1. The molecule has 2 aromatic rings. The van der Waals surface area contributed by atoms with Gasteiger partial charge in [-0.2, -0.15) is 0 Å². The second kappa shape index (κ2) is 5.05. The van der Waals surface area contributed by atoms with Gasteiger partial charge in [0, 0.05) is 5.56 Å². The van der Waals surface area contributed by atoms with E-state index in [1.807, 2.05) is 0 Å². The average molecular weight is 271 g/mol. The fourth-order valence-corrected chi connectivity index (χ4v) is 2.03. The minimum atomic E-state index is -0.414. The molecule has 88 valence electrons. The van der Waals surface area contributed by atoms with Crippen LogP contribution in [0.4, 0.5) is 4.39 Å². The first-order valence-electron chi connectivity index (χ1n) is 4.96. The van der Waals surface area contributed by atoms with E-state index in [1.54, 1.807) is 24.3 Å². The van der Waals surface area contributed by atoms with Crippen LogP contribution < -0.4 is 0 Å². The summed E-state index contributed by atoms with van der Waals surface area (Å²) in [6.07, 6.45) is 0. The van der Waals surface area contributed by atoms with E-state index in [1.165, 1.54) is 12.1 Å². The monoisotopic (exact) mass is 270 g/mol. The summed E-state index contributed by atoms with van der Waals surface area (Å²) in [5, 5.41) is 9.83. The molecule has 0 aliphatic heterocycles. The third kappa shape index (κ3) is 2.60. The zero-order chi connectivity index (χ0) is 12.4. The van der Waals surface area contributed by atoms with E-state index in [0.29, 0.717) is 26.7 Å². The summed E-state index contributed by atoms with van der Waals surface area (Å²) < 4.78 is 13.3. The minimum absolute atomic E-state index is 0.219. The quantitative estimate of drug-likeness (QED) is 0.863. The number of halogens is 3. The van der Waals surface area contributed by atoms with Crippen LogP contribution in [0, 0.1) is 5.82 Å². The lowest BCUT2D eigenvalue weighted by molar-refractivity contribution is 0.281. The predicted molar refractivity (Wildman–Crippen MR) is 67.8 cm³/mol. The Labute approximate surface area is 108 Å². The normalized spacial score (nSPS) is 10.6. The van der Waals surface area contributed by atoms with Crippen molar-refractivity contribution in [3.63, 3.8) is 0 Å². The molecular weight excluding hydrogens is 262 g/mol. The van der Waals surface area contributed by atoms with Gasteiger partial charge >= 0.3 is 0 Å². The van der Waals surface area contributed by atoms with Gasteiger partial charge < -0.3 is 5.11 Å². The molecule has 0 unspecified atom stereocenters. The fraction of sp³-hybridized carbons (Fsp3) is 0.0769. The molecule has 0 amide bonds. The summed E-state index contributed by atoms with van der Waals surface area (Å²) in [5.41, 5.74) is 1.74.